The third-order valence-corrected chi connectivity index (χ3v) is 7.80. The van der Waals surface area contributed by atoms with E-state index in [9.17, 15) is 14.7 Å². The van der Waals surface area contributed by atoms with Crippen molar-refractivity contribution in [2.75, 3.05) is 30.1 Å². The highest BCUT2D eigenvalue weighted by molar-refractivity contribution is 9.10. The number of benzene rings is 4. The van der Waals surface area contributed by atoms with Crippen LogP contribution in [-0.4, -0.2) is 37.2 Å². The highest BCUT2D eigenvalue weighted by Gasteiger charge is 2.23. The number of hydrogen-bond donors (Lipinski definition) is 2. The summed E-state index contributed by atoms with van der Waals surface area (Å²) in [5, 5.41) is 11.3. The number of anilines is 3. The van der Waals surface area contributed by atoms with E-state index in [2.05, 4.69) is 32.3 Å². The summed E-state index contributed by atoms with van der Waals surface area (Å²) < 4.78 is 11.9. The molecule has 0 aliphatic carbocycles. The number of carboxylic acid groups (broad SMARTS) is 1. The zero-order chi connectivity index (χ0) is 29.5. The number of carbonyl (C=O) groups is 2. The van der Waals surface area contributed by atoms with E-state index >= 15 is 0 Å². The number of carboxylic acids is 1. The number of hydrogen-bond acceptors (Lipinski definition) is 6. The van der Waals surface area contributed by atoms with Crippen molar-refractivity contribution in [3.05, 3.63) is 107 Å². The number of ether oxygens (including phenoxy) is 2. The monoisotopic (exact) mass is 665 g/mol. The molecule has 0 bridgehead atoms. The lowest BCUT2D eigenvalue weighted by atomic mass is 10.1. The fourth-order valence-corrected chi connectivity index (χ4v) is 5.52. The normalized spacial score (nSPS) is 12.6. The van der Waals surface area contributed by atoms with Gasteiger partial charge in [0.05, 0.1) is 30.6 Å². The number of rotatable bonds is 10. The molecule has 1 saturated heterocycles. The standard InChI is InChI=1S/C33H32BrN3O5.ClH/c1-41-31-19-23(28(34)22-27(31)33(39)40)20-32(38)35-37(30-16-7-6-15-29(30)36-17-8-3-9-18-36)24-11-10-14-26(21-24)42-25-12-4-2-5-13-25;/h2,4-7,10-16,19,21-22H,3,8-9,17-18,20H2,1H3,(H,35,38)(H,39,40);1H. The van der Waals surface area contributed by atoms with Crippen LogP contribution in [0, 0.1) is 0 Å². The lowest BCUT2D eigenvalue weighted by Crippen LogP contribution is -2.41. The third kappa shape index (κ3) is 7.80. The minimum absolute atomic E-state index is 0. The Balaban J connectivity index is 0.00000423. The Hall–Kier alpha value is -4.21. The van der Waals surface area contributed by atoms with Gasteiger partial charge in [0.1, 0.15) is 22.8 Å². The molecule has 2 N–H and O–H groups in total. The number of aromatic carboxylic acids is 1. The summed E-state index contributed by atoms with van der Waals surface area (Å²) in [4.78, 5) is 27.6. The van der Waals surface area contributed by atoms with Gasteiger partial charge in [0.15, 0.2) is 0 Å². The molecule has 0 atom stereocenters. The maximum Gasteiger partial charge on any atom is 0.339 e. The number of methoxy groups -OCH3 is 1. The van der Waals surface area contributed by atoms with E-state index in [0.29, 0.717) is 21.5 Å². The molecule has 0 unspecified atom stereocenters. The van der Waals surface area contributed by atoms with Crippen molar-refractivity contribution in [1.82, 2.24) is 5.43 Å². The molecular weight excluding hydrogens is 634 g/mol. The highest BCUT2D eigenvalue weighted by atomic mass is 79.9. The first-order chi connectivity index (χ1) is 20.4. The molecule has 43 heavy (non-hydrogen) atoms. The molecule has 0 radical (unpaired) electrons. The molecule has 8 nitrogen and oxygen atoms in total. The zero-order valence-electron chi connectivity index (χ0n) is 23.7. The summed E-state index contributed by atoms with van der Waals surface area (Å²) in [6, 6.07) is 28.2. The lowest BCUT2D eigenvalue weighted by molar-refractivity contribution is -0.120. The van der Waals surface area contributed by atoms with E-state index in [1.807, 2.05) is 72.8 Å². The van der Waals surface area contributed by atoms with Crippen LogP contribution in [0.2, 0.25) is 0 Å². The van der Waals surface area contributed by atoms with Crippen LogP contribution in [0.25, 0.3) is 0 Å². The van der Waals surface area contributed by atoms with E-state index in [4.69, 9.17) is 9.47 Å². The van der Waals surface area contributed by atoms with Gasteiger partial charge in [-0.3, -0.25) is 15.2 Å². The fraction of sp³-hybridized carbons (Fsp3) is 0.212. The van der Waals surface area contributed by atoms with Crippen LogP contribution in [0.5, 0.6) is 17.2 Å². The minimum atomic E-state index is -1.11. The number of halogens is 2. The molecule has 224 valence electrons. The van der Waals surface area contributed by atoms with Crippen molar-refractivity contribution >= 4 is 57.3 Å². The predicted octanol–water partition coefficient (Wildman–Crippen LogP) is 7.77. The average Bonchev–Trinajstić information content (AvgIpc) is 3.01. The van der Waals surface area contributed by atoms with E-state index in [1.165, 1.54) is 19.6 Å². The van der Waals surface area contributed by atoms with E-state index in [1.54, 1.807) is 11.1 Å². The molecule has 1 heterocycles. The summed E-state index contributed by atoms with van der Waals surface area (Å²) in [7, 11) is 1.41. The lowest BCUT2D eigenvalue weighted by Gasteiger charge is -2.34. The third-order valence-electron chi connectivity index (χ3n) is 7.06. The van der Waals surface area contributed by atoms with Gasteiger partial charge in [0.2, 0.25) is 5.91 Å². The van der Waals surface area contributed by atoms with Gasteiger partial charge in [-0.1, -0.05) is 52.3 Å². The topological polar surface area (TPSA) is 91.3 Å². The molecule has 0 saturated carbocycles. The van der Waals surface area contributed by atoms with E-state index in [-0.39, 0.29) is 36.0 Å². The largest absolute Gasteiger partial charge is 0.496 e. The van der Waals surface area contributed by atoms with Crippen LogP contribution in [0.4, 0.5) is 17.1 Å². The van der Waals surface area contributed by atoms with E-state index < -0.39 is 5.97 Å². The van der Waals surface area contributed by atoms with Gasteiger partial charge in [-0.2, -0.15) is 0 Å². The Morgan fingerprint density at radius 1 is 0.907 bits per heavy atom. The first kappa shape index (κ1) is 31.7. The molecule has 4 aromatic carbocycles. The molecule has 4 aromatic rings. The average molecular weight is 667 g/mol. The fourth-order valence-electron chi connectivity index (χ4n) is 5.03. The second kappa shape index (κ2) is 14.8. The Bertz CT molecular complexity index is 1560. The first-order valence-electron chi connectivity index (χ1n) is 13.8. The molecule has 10 heteroatoms. The van der Waals surface area contributed by atoms with Gasteiger partial charge in [-0.15, -0.1) is 12.4 Å². The van der Waals surface area contributed by atoms with Gasteiger partial charge in [-0.05, 0) is 73.4 Å². The highest BCUT2D eigenvalue weighted by Crippen LogP contribution is 2.36. The molecule has 0 aromatic heterocycles. The smallest absolute Gasteiger partial charge is 0.339 e. The van der Waals surface area contributed by atoms with Crippen molar-refractivity contribution in [3.63, 3.8) is 0 Å². The maximum atomic E-state index is 13.6. The van der Waals surface area contributed by atoms with Gasteiger partial charge in [0, 0.05) is 23.6 Å². The molecule has 0 spiro atoms. The molecule has 1 fully saturated rings. The molecule has 1 aliphatic rings. The number of nitrogens with zero attached hydrogens (tertiary/aromatic N) is 2. The Morgan fingerprint density at radius 2 is 1.60 bits per heavy atom. The second-order valence-electron chi connectivity index (χ2n) is 9.95. The van der Waals surface area contributed by atoms with Gasteiger partial charge >= 0.3 is 5.97 Å². The Kier molecular flexibility index (Phi) is 10.9. The van der Waals surface area contributed by atoms with Crippen LogP contribution in [0.3, 0.4) is 0 Å². The maximum absolute atomic E-state index is 13.6. The van der Waals surface area contributed by atoms with Crippen LogP contribution >= 0.6 is 28.3 Å². The molecule has 1 aliphatic heterocycles. The Labute approximate surface area is 265 Å². The summed E-state index contributed by atoms with van der Waals surface area (Å²) in [6.45, 7) is 1.89. The van der Waals surface area contributed by atoms with Crippen LogP contribution in [0.1, 0.15) is 35.2 Å². The van der Waals surface area contributed by atoms with Gasteiger partial charge in [0.25, 0.3) is 0 Å². The number of piperidine rings is 1. The quantitative estimate of drug-likeness (QED) is 0.167. The van der Waals surface area contributed by atoms with Crippen molar-refractivity contribution in [2.45, 2.75) is 25.7 Å². The van der Waals surface area contributed by atoms with Gasteiger partial charge < -0.3 is 19.5 Å². The number of nitrogens with one attached hydrogen (secondary N) is 1. The number of para-hydroxylation sites is 3. The second-order valence-corrected chi connectivity index (χ2v) is 10.8. The number of carbonyl (C=O) groups excluding carboxylic acids is 1. The molecule has 1 amide bonds. The first-order valence-corrected chi connectivity index (χ1v) is 14.6. The van der Waals surface area contributed by atoms with Crippen molar-refractivity contribution in [2.24, 2.45) is 0 Å². The summed E-state index contributed by atoms with van der Waals surface area (Å²) in [5.41, 5.74) is 6.30. The summed E-state index contributed by atoms with van der Waals surface area (Å²) >= 11 is 3.43. The van der Waals surface area contributed by atoms with Crippen molar-refractivity contribution in [3.8, 4) is 17.2 Å². The van der Waals surface area contributed by atoms with Gasteiger partial charge in [-0.25, -0.2) is 4.79 Å². The van der Waals surface area contributed by atoms with Crippen LogP contribution < -0.4 is 24.8 Å². The minimum Gasteiger partial charge on any atom is -0.496 e. The Morgan fingerprint density at radius 3 is 2.33 bits per heavy atom. The predicted molar refractivity (Wildman–Crippen MR) is 174 cm³/mol. The number of hydrazine groups is 1. The van der Waals surface area contributed by atoms with Crippen molar-refractivity contribution < 1.29 is 24.2 Å². The SMILES string of the molecule is COc1cc(CC(=O)NN(c2cccc(Oc3ccccc3)c2)c2ccccc2N2CCCCC2)c(Br)cc1C(=O)O.Cl. The summed E-state index contributed by atoms with van der Waals surface area (Å²) in [5.74, 6) is 0.129. The van der Waals surface area contributed by atoms with Crippen molar-refractivity contribution in [1.29, 1.82) is 0 Å². The molecular formula is C33H33BrClN3O5. The zero-order valence-corrected chi connectivity index (χ0v) is 26.1. The number of amides is 1. The van der Waals surface area contributed by atoms with E-state index in [0.717, 1.165) is 43.0 Å². The van der Waals surface area contributed by atoms with Crippen LogP contribution in [-0.2, 0) is 11.2 Å². The summed E-state index contributed by atoms with van der Waals surface area (Å²) in [6.07, 6.45) is 3.42. The molecule has 5 rings (SSSR count). The van der Waals surface area contributed by atoms with Crippen LogP contribution in [0.15, 0.2) is 95.5 Å².